The van der Waals surface area contributed by atoms with Gasteiger partial charge >= 0.3 is 6.03 Å². The normalized spacial score (nSPS) is 11.4. The quantitative estimate of drug-likeness (QED) is 0.305. The van der Waals surface area contributed by atoms with Gasteiger partial charge in [0.2, 0.25) is 0 Å². The third-order valence-electron chi connectivity index (χ3n) is 4.97. The molecule has 0 aliphatic carbocycles. The van der Waals surface area contributed by atoms with Gasteiger partial charge in [-0.05, 0) is 30.7 Å². The summed E-state index contributed by atoms with van der Waals surface area (Å²) in [7, 11) is 0. The summed E-state index contributed by atoms with van der Waals surface area (Å²) in [5.41, 5.74) is 3.94. The van der Waals surface area contributed by atoms with Crippen molar-refractivity contribution < 1.29 is 4.79 Å². The Bertz CT molecular complexity index is 1220. The molecule has 0 bridgehead atoms. The molecule has 2 amide bonds. The molecule has 1 aromatic carbocycles. The number of aromatic nitrogens is 4. The lowest BCUT2D eigenvalue weighted by atomic mass is 10.1. The molecule has 0 saturated carbocycles. The van der Waals surface area contributed by atoms with Gasteiger partial charge in [0, 0.05) is 48.3 Å². The van der Waals surface area contributed by atoms with Gasteiger partial charge in [-0.2, -0.15) is 0 Å². The van der Waals surface area contributed by atoms with Gasteiger partial charge in [-0.1, -0.05) is 30.3 Å². The van der Waals surface area contributed by atoms with Crippen molar-refractivity contribution in [2.75, 3.05) is 10.6 Å². The van der Waals surface area contributed by atoms with E-state index in [1.54, 1.807) is 31.0 Å². The maximum absolute atomic E-state index is 12.8. The fourth-order valence-corrected chi connectivity index (χ4v) is 3.38. The van der Waals surface area contributed by atoms with Gasteiger partial charge in [0.25, 0.3) is 0 Å². The standard InChI is InChI=1S/C24H24N8O/c1-17-11-20(7-8-27-17)29-21-14-28-23(12-19(21)13-25)31-24(33)30-22(15-32-10-9-26-16-32)18-5-3-2-4-6-18/h2-14,16,22,25H,15H2,1H3,(H,27,29)(H2,28,30,31,33)/t22-/m1/s1. The molecule has 4 N–H and O–H groups in total. The summed E-state index contributed by atoms with van der Waals surface area (Å²) in [5.74, 6) is 0.344. The molecule has 0 spiro atoms. The van der Waals surface area contributed by atoms with Crippen LogP contribution in [-0.4, -0.2) is 31.8 Å². The van der Waals surface area contributed by atoms with E-state index in [1.807, 2.05) is 60.2 Å². The number of carbonyl (C=O) groups excluding carboxylic acids is 1. The Balaban J connectivity index is 1.46. The SMILES string of the molecule is Cc1cc(Nc2cnc(NC(=O)N[C@H](Cn3ccnc3)c3ccccc3)cc2C=N)ccn1. The fraction of sp³-hybridized carbons (Fsp3) is 0.125. The molecule has 33 heavy (non-hydrogen) atoms. The highest BCUT2D eigenvalue weighted by Gasteiger charge is 2.16. The highest BCUT2D eigenvalue weighted by Crippen LogP contribution is 2.22. The summed E-state index contributed by atoms with van der Waals surface area (Å²) in [4.78, 5) is 25.4. The number of hydrogen-bond donors (Lipinski definition) is 4. The van der Waals surface area contributed by atoms with Crippen molar-refractivity contribution in [3.05, 3.63) is 96.5 Å². The molecular formula is C24H24N8O. The van der Waals surface area contributed by atoms with Crippen molar-refractivity contribution in [2.45, 2.75) is 19.5 Å². The molecular weight excluding hydrogens is 416 g/mol. The maximum Gasteiger partial charge on any atom is 0.320 e. The van der Waals surface area contributed by atoms with Gasteiger partial charge in [-0.3, -0.25) is 10.3 Å². The van der Waals surface area contributed by atoms with E-state index in [2.05, 4.69) is 30.9 Å². The van der Waals surface area contributed by atoms with Gasteiger partial charge in [-0.25, -0.2) is 14.8 Å². The van der Waals surface area contributed by atoms with E-state index in [0.717, 1.165) is 16.9 Å². The Hall–Kier alpha value is -4.53. The van der Waals surface area contributed by atoms with E-state index >= 15 is 0 Å². The topological polar surface area (TPSA) is 121 Å². The fourth-order valence-electron chi connectivity index (χ4n) is 3.38. The first kappa shape index (κ1) is 21.7. The number of benzene rings is 1. The minimum absolute atomic E-state index is 0.265. The lowest BCUT2D eigenvalue weighted by Crippen LogP contribution is -2.35. The number of imidazole rings is 1. The van der Waals surface area contributed by atoms with E-state index in [9.17, 15) is 4.79 Å². The van der Waals surface area contributed by atoms with Gasteiger partial charge in [0.1, 0.15) is 5.82 Å². The third kappa shape index (κ3) is 5.79. The largest absolute Gasteiger partial charge is 0.354 e. The van der Waals surface area contributed by atoms with Crippen molar-refractivity contribution in [1.82, 2.24) is 24.8 Å². The van der Waals surface area contributed by atoms with Crippen molar-refractivity contribution in [3.8, 4) is 0 Å². The molecule has 166 valence electrons. The summed E-state index contributed by atoms with van der Waals surface area (Å²) < 4.78 is 1.91. The van der Waals surface area contributed by atoms with Gasteiger partial charge in [0.05, 0.1) is 24.3 Å². The molecule has 0 aliphatic rings. The molecule has 4 aromatic rings. The van der Waals surface area contributed by atoms with Gasteiger partial charge < -0.3 is 20.6 Å². The Labute approximate surface area is 191 Å². The van der Waals surface area contributed by atoms with E-state index < -0.39 is 6.03 Å². The summed E-state index contributed by atoms with van der Waals surface area (Å²) in [6, 6.07) is 14.5. The van der Waals surface area contributed by atoms with E-state index in [-0.39, 0.29) is 6.04 Å². The first-order chi connectivity index (χ1) is 16.1. The zero-order chi connectivity index (χ0) is 23.0. The van der Waals surface area contributed by atoms with Crippen molar-refractivity contribution >= 4 is 29.4 Å². The monoisotopic (exact) mass is 440 g/mol. The minimum Gasteiger partial charge on any atom is -0.354 e. The number of nitrogens with zero attached hydrogens (tertiary/aromatic N) is 4. The Kier molecular flexibility index (Phi) is 6.70. The summed E-state index contributed by atoms with van der Waals surface area (Å²) in [6.45, 7) is 2.44. The van der Waals surface area contributed by atoms with Gasteiger partial charge in [0.15, 0.2) is 0 Å². The lowest BCUT2D eigenvalue weighted by molar-refractivity contribution is 0.247. The summed E-state index contributed by atoms with van der Waals surface area (Å²) >= 11 is 0. The highest BCUT2D eigenvalue weighted by molar-refractivity contribution is 5.92. The van der Waals surface area contributed by atoms with E-state index in [1.165, 1.54) is 6.21 Å². The number of pyridine rings is 2. The maximum atomic E-state index is 12.8. The molecule has 0 saturated heterocycles. The Morgan fingerprint density at radius 2 is 2.00 bits per heavy atom. The van der Waals surface area contributed by atoms with Crippen LogP contribution in [0.2, 0.25) is 0 Å². The average Bonchev–Trinajstić information content (AvgIpc) is 3.33. The molecule has 1 atom stereocenters. The van der Waals surface area contributed by atoms with Crippen LogP contribution >= 0.6 is 0 Å². The van der Waals surface area contributed by atoms with Crippen LogP contribution in [0.1, 0.15) is 22.9 Å². The Morgan fingerprint density at radius 3 is 2.73 bits per heavy atom. The van der Waals surface area contributed by atoms with Crippen LogP contribution in [0.4, 0.5) is 22.0 Å². The molecule has 0 radical (unpaired) electrons. The van der Waals surface area contributed by atoms with Crippen LogP contribution < -0.4 is 16.0 Å². The molecule has 0 fully saturated rings. The number of urea groups is 1. The summed E-state index contributed by atoms with van der Waals surface area (Å²) in [6.07, 6.45) is 9.78. The zero-order valence-electron chi connectivity index (χ0n) is 18.1. The predicted octanol–water partition coefficient (Wildman–Crippen LogP) is 4.29. The van der Waals surface area contributed by atoms with E-state index in [0.29, 0.717) is 23.6 Å². The molecule has 4 rings (SSSR count). The first-order valence-corrected chi connectivity index (χ1v) is 10.4. The Morgan fingerprint density at radius 1 is 1.15 bits per heavy atom. The van der Waals surface area contributed by atoms with Crippen LogP contribution in [0, 0.1) is 12.3 Å². The number of hydrogen-bond acceptors (Lipinski definition) is 6. The lowest BCUT2D eigenvalue weighted by Gasteiger charge is -2.20. The zero-order valence-corrected chi connectivity index (χ0v) is 18.1. The van der Waals surface area contributed by atoms with Crippen LogP contribution in [-0.2, 0) is 6.54 Å². The second-order valence-corrected chi connectivity index (χ2v) is 7.43. The van der Waals surface area contributed by atoms with Crippen LogP contribution in [0.15, 0.2) is 79.6 Å². The smallest absolute Gasteiger partial charge is 0.320 e. The van der Waals surface area contributed by atoms with Crippen molar-refractivity contribution in [3.63, 3.8) is 0 Å². The molecule has 3 heterocycles. The number of carbonyl (C=O) groups is 1. The molecule has 9 nitrogen and oxygen atoms in total. The highest BCUT2D eigenvalue weighted by atomic mass is 16.2. The number of aryl methyl sites for hydroxylation is 1. The van der Waals surface area contributed by atoms with Crippen molar-refractivity contribution in [1.29, 1.82) is 5.41 Å². The minimum atomic E-state index is -0.391. The number of amides is 2. The number of nitrogens with one attached hydrogen (secondary N) is 4. The predicted molar refractivity (Wildman–Crippen MR) is 128 cm³/mol. The third-order valence-corrected chi connectivity index (χ3v) is 4.97. The number of anilines is 3. The molecule has 0 unspecified atom stereocenters. The molecule has 9 heteroatoms. The van der Waals surface area contributed by atoms with Gasteiger partial charge in [-0.15, -0.1) is 0 Å². The summed E-state index contributed by atoms with van der Waals surface area (Å²) in [5, 5.41) is 16.8. The second-order valence-electron chi connectivity index (χ2n) is 7.43. The average molecular weight is 441 g/mol. The molecule has 0 aliphatic heterocycles. The van der Waals surface area contributed by atoms with Crippen LogP contribution in [0.25, 0.3) is 0 Å². The van der Waals surface area contributed by atoms with Crippen molar-refractivity contribution in [2.24, 2.45) is 0 Å². The van der Waals surface area contributed by atoms with Crippen LogP contribution in [0.3, 0.4) is 0 Å². The number of rotatable bonds is 8. The molecule has 3 aromatic heterocycles. The first-order valence-electron chi connectivity index (χ1n) is 10.4. The van der Waals surface area contributed by atoms with Crippen LogP contribution in [0.5, 0.6) is 0 Å². The second kappa shape index (κ2) is 10.2. The van der Waals surface area contributed by atoms with E-state index in [4.69, 9.17) is 5.41 Å².